The van der Waals surface area contributed by atoms with Crippen LogP contribution in [-0.2, 0) is 0 Å². The molecule has 0 heterocycles. The van der Waals surface area contributed by atoms with Crippen LogP contribution in [0.4, 0.5) is 22.1 Å². The Bertz CT molecular complexity index is 254. The number of nitrogens with zero attached hydrogens (tertiary/aromatic N) is 3. The number of alkyl halides is 3. The summed E-state index contributed by atoms with van der Waals surface area (Å²) >= 11 is 0. The van der Waals surface area contributed by atoms with Crippen molar-refractivity contribution >= 4 is 0 Å². The maximum absolute atomic E-state index is 12.4. The van der Waals surface area contributed by atoms with Gasteiger partial charge in [0.05, 0.1) is 0 Å². The number of hydrogen-bond acceptors (Lipinski definition) is 5. The molecule has 0 fully saturated rings. The van der Waals surface area contributed by atoms with Gasteiger partial charge in [0.15, 0.2) is 0 Å². The standard InChI is InChI=1S/C2F5N3O4/c3-1(4,8(6)7)2(5,9(11)12)10(13)14. The van der Waals surface area contributed by atoms with Crippen molar-refractivity contribution in [2.24, 2.45) is 0 Å². The van der Waals surface area contributed by atoms with E-state index in [1.165, 1.54) is 0 Å². The molecule has 0 aliphatic rings. The lowest BCUT2D eigenvalue weighted by Crippen LogP contribution is -2.60. The van der Waals surface area contributed by atoms with Crippen LogP contribution in [0.3, 0.4) is 0 Å². The first kappa shape index (κ1) is 12.4. The molecule has 0 saturated carbocycles. The molecule has 0 aliphatic heterocycles. The van der Waals surface area contributed by atoms with E-state index in [-0.39, 0.29) is 0 Å². The van der Waals surface area contributed by atoms with Crippen LogP contribution in [0.15, 0.2) is 0 Å². The molecule has 0 radical (unpaired) electrons. The maximum Gasteiger partial charge on any atom is 0.699 e. The van der Waals surface area contributed by atoms with Crippen LogP contribution in [0.5, 0.6) is 0 Å². The predicted molar refractivity (Wildman–Crippen MR) is 26.8 cm³/mol. The SMILES string of the molecule is O=[N+]([O-])C(F)([N+](=O)[O-])C(F)(F)N(F)F. The van der Waals surface area contributed by atoms with Gasteiger partial charge in [-0.3, -0.25) is 20.2 Å². The van der Waals surface area contributed by atoms with E-state index < -0.39 is 27.2 Å². The summed E-state index contributed by atoms with van der Waals surface area (Å²) in [5.74, 6) is -5.80. The quantitative estimate of drug-likeness (QED) is 0.176. The third kappa shape index (κ3) is 1.43. The Morgan fingerprint density at radius 2 is 1.29 bits per heavy atom. The van der Waals surface area contributed by atoms with Gasteiger partial charge in [0.2, 0.25) is 0 Å². The van der Waals surface area contributed by atoms with E-state index in [0.29, 0.717) is 0 Å². The van der Waals surface area contributed by atoms with Gasteiger partial charge in [0.1, 0.15) is 15.2 Å². The zero-order valence-electron chi connectivity index (χ0n) is 5.86. The van der Waals surface area contributed by atoms with Crippen molar-refractivity contribution < 1.29 is 32.0 Å². The highest BCUT2D eigenvalue weighted by atomic mass is 19.4. The predicted octanol–water partition coefficient (Wildman–Crippen LogP) is 0.827. The van der Waals surface area contributed by atoms with E-state index in [1.807, 2.05) is 0 Å². The molecule has 0 bridgehead atoms. The Hall–Kier alpha value is -1.59. The first-order valence-electron chi connectivity index (χ1n) is 2.56. The largest absolute Gasteiger partial charge is 0.699 e. The molecule has 0 N–H and O–H groups in total. The number of halogens is 5. The molecule has 0 saturated heterocycles. The van der Waals surface area contributed by atoms with Gasteiger partial charge in [-0.1, -0.05) is 13.4 Å². The second-order valence-corrected chi connectivity index (χ2v) is 1.88. The highest BCUT2D eigenvalue weighted by Crippen LogP contribution is 2.37. The van der Waals surface area contributed by atoms with Crippen molar-refractivity contribution in [2.45, 2.75) is 12.0 Å². The van der Waals surface area contributed by atoms with E-state index in [1.54, 1.807) is 0 Å². The summed E-state index contributed by atoms with van der Waals surface area (Å²) in [6.45, 7) is 0. The summed E-state index contributed by atoms with van der Waals surface area (Å²) in [7, 11) is 0. The average molecular weight is 225 g/mol. The minimum atomic E-state index is -6.17. The molecule has 0 spiro atoms. The normalized spacial score (nSPS) is 13.0. The highest BCUT2D eigenvalue weighted by Gasteiger charge is 2.84. The summed E-state index contributed by atoms with van der Waals surface area (Å²) in [5.41, 5.74) is 0. The van der Waals surface area contributed by atoms with Crippen molar-refractivity contribution in [3.8, 4) is 0 Å². The molecule has 12 heteroatoms. The van der Waals surface area contributed by atoms with Crippen molar-refractivity contribution in [3.05, 3.63) is 20.2 Å². The summed E-state index contributed by atoms with van der Waals surface area (Å²) in [6.07, 6.45) is 0. The van der Waals surface area contributed by atoms with Crippen molar-refractivity contribution in [3.63, 3.8) is 0 Å². The molecule has 0 atom stereocenters. The van der Waals surface area contributed by atoms with Gasteiger partial charge in [-0.25, -0.2) is 0 Å². The Morgan fingerprint density at radius 1 is 1.00 bits per heavy atom. The number of hydrogen-bond donors (Lipinski definition) is 0. The summed E-state index contributed by atoms with van der Waals surface area (Å²) in [4.78, 5) is 13.6. The lowest BCUT2D eigenvalue weighted by molar-refractivity contribution is -0.865. The Morgan fingerprint density at radius 3 is 1.36 bits per heavy atom. The second kappa shape index (κ2) is 3.28. The summed E-state index contributed by atoms with van der Waals surface area (Å²) in [5, 5.41) is 15.9. The van der Waals surface area contributed by atoms with Crippen molar-refractivity contribution in [1.82, 2.24) is 5.34 Å². The lowest BCUT2D eigenvalue weighted by Gasteiger charge is -2.16. The average Bonchev–Trinajstić information content (AvgIpc) is 2.01. The fourth-order valence-electron chi connectivity index (χ4n) is 0.394. The van der Waals surface area contributed by atoms with Gasteiger partial charge >= 0.3 is 12.0 Å². The fraction of sp³-hybridized carbons (Fsp3) is 1.00. The van der Waals surface area contributed by atoms with Gasteiger partial charge < -0.3 is 0 Å². The molecule has 0 rings (SSSR count). The van der Waals surface area contributed by atoms with Crippen LogP contribution in [-0.4, -0.2) is 27.2 Å². The molecule has 82 valence electrons. The molecule has 14 heavy (non-hydrogen) atoms. The molecular formula is C2F5N3O4. The molecule has 0 aromatic heterocycles. The fourth-order valence-corrected chi connectivity index (χ4v) is 0.394. The van der Waals surface area contributed by atoms with Gasteiger partial charge in [0, 0.05) is 0 Å². The van der Waals surface area contributed by atoms with E-state index in [9.17, 15) is 42.4 Å². The first-order valence-corrected chi connectivity index (χ1v) is 2.56. The van der Waals surface area contributed by atoms with E-state index in [2.05, 4.69) is 0 Å². The zero-order chi connectivity index (χ0) is 11.7. The van der Waals surface area contributed by atoms with Crippen LogP contribution >= 0.6 is 0 Å². The van der Waals surface area contributed by atoms with Gasteiger partial charge in [-0.2, -0.15) is 8.78 Å². The monoisotopic (exact) mass is 225 g/mol. The van der Waals surface area contributed by atoms with Crippen LogP contribution in [0, 0.1) is 20.2 Å². The molecule has 0 amide bonds. The third-order valence-electron chi connectivity index (χ3n) is 1.08. The van der Waals surface area contributed by atoms with Crippen molar-refractivity contribution in [2.75, 3.05) is 0 Å². The summed E-state index contributed by atoms with van der Waals surface area (Å²) < 4.78 is 59.0. The molecule has 0 unspecified atom stereocenters. The Labute approximate surface area is 70.9 Å². The Balaban J connectivity index is 5.44. The number of nitro groups is 2. The first-order chi connectivity index (χ1) is 6.08. The minimum absolute atomic E-state index is 2.75. The van der Waals surface area contributed by atoms with Gasteiger partial charge in [-0.15, -0.1) is 0 Å². The lowest BCUT2D eigenvalue weighted by atomic mass is 10.4. The maximum atomic E-state index is 12.4. The smallest absolute Gasteiger partial charge is 0.256 e. The molecular weight excluding hydrogens is 225 g/mol. The van der Waals surface area contributed by atoms with Crippen LogP contribution < -0.4 is 0 Å². The molecule has 0 aliphatic carbocycles. The summed E-state index contributed by atoms with van der Waals surface area (Å²) in [6, 6.07) is -6.17. The van der Waals surface area contributed by atoms with Gasteiger partial charge in [-0.05, 0) is 0 Å². The molecule has 7 nitrogen and oxygen atoms in total. The van der Waals surface area contributed by atoms with Crippen LogP contribution in [0.25, 0.3) is 0 Å². The third-order valence-corrected chi connectivity index (χ3v) is 1.08. The van der Waals surface area contributed by atoms with E-state index in [4.69, 9.17) is 0 Å². The number of rotatable bonds is 4. The Kier molecular flexibility index (Phi) is 2.91. The highest BCUT2D eigenvalue weighted by molar-refractivity contribution is 4.68. The molecule has 0 aromatic rings. The van der Waals surface area contributed by atoms with Crippen LogP contribution in [0.2, 0.25) is 0 Å². The second-order valence-electron chi connectivity index (χ2n) is 1.88. The minimum Gasteiger partial charge on any atom is -0.256 e. The zero-order valence-corrected chi connectivity index (χ0v) is 5.86. The topological polar surface area (TPSA) is 89.5 Å². The van der Waals surface area contributed by atoms with E-state index >= 15 is 0 Å². The van der Waals surface area contributed by atoms with Gasteiger partial charge in [0.25, 0.3) is 0 Å². The van der Waals surface area contributed by atoms with Crippen molar-refractivity contribution in [1.29, 1.82) is 0 Å². The van der Waals surface area contributed by atoms with Crippen LogP contribution in [0.1, 0.15) is 0 Å². The molecule has 0 aromatic carbocycles. The van der Waals surface area contributed by atoms with E-state index in [0.717, 1.165) is 0 Å².